The van der Waals surface area contributed by atoms with Crippen LogP contribution >= 0.6 is 0 Å². The number of nitrogens with two attached hydrogens (primary N) is 1. The fourth-order valence-electron chi connectivity index (χ4n) is 5.61. The van der Waals surface area contributed by atoms with Crippen molar-refractivity contribution in [3.8, 4) is 17.0 Å². The lowest BCUT2D eigenvalue weighted by Gasteiger charge is -2.30. The van der Waals surface area contributed by atoms with E-state index in [1.807, 2.05) is 18.2 Å². The van der Waals surface area contributed by atoms with E-state index in [0.29, 0.717) is 37.8 Å². The minimum absolute atomic E-state index is 0.112. The van der Waals surface area contributed by atoms with Gasteiger partial charge in [0.2, 0.25) is 0 Å². The Balaban J connectivity index is 1.27. The number of rotatable bonds is 8. The second kappa shape index (κ2) is 10.8. The lowest BCUT2D eigenvalue weighted by Crippen LogP contribution is -2.41. The minimum atomic E-state index is -3.68. The Morgan fingerprint density at radius 1 is 0.895 bits per heavy atom. The van der Waals surface area contributed by atoms with Crippen molar-refractivity contribution in [1.82, 2.24) is 9.29 Å². The van der Waals surface area contributed by atoms with E-state index in [4.69, 9.17) is 19.9 Å². The van der Waals surface area contributed by atoms with Crippen LogP contribution in [0.4, 0.5) is 11.4 Å². The summed E-state index contributed by atoms with van der Waals surface area (Å²) in [5, 5.41) is 1.01. The number of hydrogen-bond donors (Lipinski definition) is 3. The summed E-state index contributed by atoms with van der Waals surface area (Å²) in [5.41, 5.74) is 11.0. The van der Waals surface area contributed by atoms with Gasteiger partial charge >= 0.3 is 0 Å². The Labute approximate surface area is 223 Å². The number of ether oxygens (including phenoxy) is 3. The average Bonchev–Trinajstić information content (AvgIpc) is 3.15. The second-order valence-corrected chi connectivity index (χ2v) is 12.0. The molecule has 2 aliphatic heterocycles. The monoisotopic (exact) mass is 540 g/mol. The van der Waals surface area contributed by atoms with Gasteiger partial charge in [-0.05, 0) is 56.4 Å². The second-order valence-electron chi connectivity index (χ2n) is 10.5. The first-order valence-corrected chi connectivity index (χ1v) is 15.1. The van der Waals surface area contributed by atoms with Crippen LogP contribution in [0.5, 0.6) is 5.75 Å². The molecule has 2 aromatic carbocycles. The maximum absolute atomic E-state index is 12.7. The van der Waals surface area contributed by atoms with Crippen molar-refractivity contribution in [2.45, 2.75) is 63.1 Å². The Morgan fingerprint density at radius 2 is 1.58 bits per heavy atom. The highest BCUT2D eigenvalue weighted by Gasteiger charge is 2.28. The third kappa shape index (κ3) is 5.36. The van der Waals surface area contributed by atoms with Gasteiger partial charge in [-0.25, -0.2) is 0 Å². The number of aromatic nitrogens is 1. The van der Waals surface area contributed by atoms with Gasteiger partial charge in [0, 0.05) is 60.8 Å². The van der Waals surface area contributed by atoms with Crippen molar-refractivity contribution >= 4 is 32.5 Å². The van der Waals surface area contributed by atoms with Crippen molar-refractivity contribution in [2.75, 3.05) is 36.9 Å². The van der Waals surface area contributed by atoms with Crippen LogP contribution in [-0.4, -0.2) is 51.6 Å². The number of nitrogens with one attached hydrogen (secondary N) is 2. The summed E-state index contributed by atoms with van der Waals surface area (Å²) in [6.45, 7) is 2.61. The molecule has 38 heavy (non-hydrogen) atoms. The zero-order valence-corrected chi connectivity index (χ0v) is 22.3. The quantitative estimate of drug-likeness (QED) is 0.385. The number of anilines is 2. The molecular formula is C28H36N4O5S. The summed E-state index contributed by atoms with van der Waals surface area (Å²) < 4.78 is 50.1. The molecule has 0 spiro atoms. The van der Waals surface area contributed by atoms with Gasteiger partial charge in [0.1, 0.15) is 11.9 Å². The normalized spacial score (nSPS) is 19.9. The summed E-state index contributed by atoms with van der Waals surface area (Å²) >= 11 is 0. The van der Waals surface area contributed by atoms with Gasteiger partial charge in [-0.15, -0.1) is 0 Å². The van der Waals surface area contributed by atoms with E-state index in [1.54, 1.807) is 12.1 Å². The van der Waals surface area contributed by atoms with E-state index in [0.717, 1.165) is 72.5 Å². The standard InChI is InChI=1S/C28H36N4O5S/c29-27-25-9-8-24(37-23-12-16-36-17-13-23)18-26(25)32(22-2-1-3-22)28(27)19-4-6-20(7-5-19)30-38(33,34)31-21-10-14-35-15-11-21/h4-9,18,21-23,30-31H,1-3,10-17,29H2. The highest BCUT2D eigenvalue weighted by Crippen LogP contribution is 2.45. The van der Waals surface area contributed by atoms with Gasteiger partial charge in [-0.2, -0.15) is 13.1 Å². The Kier molecular flexibility index (Phi) is 7.22. The predicted molar refractivity (Wildman–Crippen MR) is 149 cm³/mol. The Hall–Kier alpha value is -2.79. The number of nitrogens with zero attached hydrogens (tertiary/aromatic N) is 1. The molecule has 0 atom stereocenters. The van der Waals surface area contributed by atoms with Crippen LogP contribution in [0.25, 0.3) is 22.2 Å². The van der Waals surface area contributed by atoms with Gasteiger partial charge in [-0.1, -0.05) is 12.1 Å². The fourth-order valence-corrected chi connectivity index (χ4v) is 6.79. The van der Waals surface area contributed by atoms with Crippen LogP contribution in [0.1, 0.15) is 51.0 Å². The van der Waals surface area contributed by atoms with E-state index < -0.39 is 10.2 Å². The molecule has 1 aromatic heterocycles. The average molecular weight is 541 g/mol. The fraction of sp³-hybridized carbons (Fsp3) is 0.500. The van der Waals surface area contributed by atoms with E-state index in [-0.39, 0.29) is 12.1 Å². The molecule has 9 nitrogen and oxygen atoms in total. The van der Waals surface area contributed by atoms with Crippen molar-refractivity contribution in [2.24, 2.45) is 0 Å². The largest absolute Gasteiger partial charge is 0.490 e. The van der Waals surface area contributed by atoms with Crippen molar-refractivity contribution in [3.05, 3.63) is 42.5 Å². The third-order valence-corrected chi connectivity index (χ3v) is 9.03. The van der Waals surface area contributed by atoms with E-state index >= 15 is 0 Å². The van der Waals surface area contributed by atoms with Crippen molar-refractivity contribution in [1.29, 1.82) is 0 Å². The number of benzene rings is 2. The summed E-state index contributed by atoms with van der Waals surface area (Å²) in [6, 6.07) is 13.9. The minimum Gasteiger partial charge on any atom is -0.490 e. The molecule has 0 bridgehead atoms. The number of fused-ring (bicyclic) bond motifs is 1. The first-order valence-electron chi connectivity index (χ1n) is 13.6. The molecule has 3 fully saturated rings. The zero-order valence-electron chi connectivity index (χ0n) is 21.5. The topological polar surface area (TPSA) is 117 Å². The summed E-state index contributed by atoms with van der Waals surface area (Å²) in [5.74, 6) is 0.857. The van der Waals surface area contributed by atoms with Gasteiger partial charge in [0.15, 0.2) is 0 Å². The van der Waals surface area contributed by atoms with Crippen LogP contribution in [-0.2, 0) is 19.7 Å². The van der Waals surface area contributed by atoms with Crippen LogP contribution in [0.2, 0.25) is 0 Å². The Morgan fingerprint density at radius 3 is 2.24 bits per heavy atom. The maximum atomic E-state index is 12.7. The smallest absolute Gasteiger partial charge is 0.299 e. The molecule has 3 heterocycles. The number of nitrogen functional groups attached to an aromatic ring is 1. The Bertz CT molecular complexity index is 1370. The first-order chi connectivity index (χ1) is 18.5. The van der Waals surface area contributed by atoms with Crippen molar-refractivity contribution in [3.63, 3.8) is 0 Å². The van der Waals surface area contributed by atoms with Crippen LogP contribution < -0.4 is 19.9 Å². The maximum Gasteiger partial charge on any atom is 0.299 e. The molecular weight excluding hydrogens is 504 g/mol. The summed E-state index contributed by atoms with van der Waals surface area (Å²) in [6.07, 6.45) is 6.73. The lowest BCUT2D eigenvalue weighted by atomic mass is 9.92. The van der Waals surface area contributed by atoms with Gasteiger partial charge in [0.25, 0.3) is 10.2 Å². The van der Waals surface area contributed by atoms with E-state index in [2.05, 4.69) is 26.1 Å². The molecule has 3 aromatic rings. The predicted octanol–water partition coefficient (Wildman–Crippen LogP) is 4.60. The highest BCUT2D eigenvalue weighted by atomic mass is 32.2. The van der Waals surface area contributed by atoms with E-state index in [1.165, 1.54) is 6.42 Å². The van der Waals surface area contributed by atoms with E-state index in [9.17, 15) is 8.42 Å². The van der Waals surface area contributed by atoms with Crippen molar-refractivity contribution < 1.29 is 22.6 Å². The molecule has 204 valence electrons. The molecule has 0 amide bonds. The highest BCUT2D eigenvalue weighted by molar-refractivity contribution is 7.90. The molecule has 3 aliphatic rings. The molecule has 1 aliphatic carbocycles. The van der Waals surface area contributed by atoms with Crippen LogP contribution in [0, 0.1) is 0 Å². The zero-order chi connectivity index (χ0) is 26.1. The molecule has 10 heteroatoms. The summed E-state index contributed by atoms with van der Waals surface area (Å²) in [7, 11) is -3.68. The number of hydrogen-bond acceptors (Lipinski definition) is 6. The SMILES string of the molecule is Nc1c(-c2ccc(NS(=O)(=O)NC3CCOCC3)cc2)n(C2CCC2)c2cc(OC3CCOCC3)ccc12. The molecule has 4 N–H and O–H groups in total. The molecule has 1 saturated carbocycles. The molecule has 0 unspecified atom stereocenters. The van der Waals surface area contributed by atoms with Gasteiger partial charge < -0.3 is 24.5 Å². The molecule has 6 rings (SSSR count). The molecule has 2 saturated heterocycles. The summed E-state index contributed by atoms with van der Waals surface area (Å²) in [4.78, 5) is 0. The third-order valence-electron chi connectivity index (χ3n) is 7.88. The van der Waals surface area contributed by atoms with Crippen LogP contribution in [0.15, 0.2) is 42.5 Å². The molecule has 0 radical (unpaired) electrons. The van der Waals surface area contributed by atoms with Gasteiger partial charge in [0.05, 0.1) is 30.1 Å². The van der Waals surface area contributed by atoms with Gasteiger partial charge in [-0.3, -0.25) is 4.72 Å². The lowest BCUT2D eigenvalue weighted by molar-refractivity contribution is 0.0256. The van der Waals surface area contributed by atoms with Crippen LogP contribution in [0.3, 0.4) is 0 Å². The first kappa shape index (κ1) is 25.5.